The summed E-state index contributed by atoms with van der Waals surface area (Å²) in [6, 6.07) is 16.3. The Kier molecular flexibility index (Phi) is 8.29. The van der Waals surface area contributed by atoms with Gasteiger partial charge in [0.2, 0.25) is 0 Å². The van der Waals surface area contributed by atoms with Gasteiger partial charge in [-0.15, -0.1) is 0 Å². The van der Waals surface area contributed by atoms with Crippen molar-refractivity contribution in [2.24, 2.45) is 0 Å². The summed E-state index contributed by atoms with van der Waals surface area (Å²) in [5, 5.41) is 0. The van der Waals surface area contributed by atoms with Crippen LogP contribution in [0.3, 0.4) is 0 Å². The molecule has 3 atom stereocenters. The molecule has 0 radical (unpaired) electrons. The zero-order valence-electron chi connectivity index (χ0n) is 21.9. The molecule has 2 heterocycles. The quantitative estimate of drug-likeness (QED) is 0.318. The van der Waals surface area contributed by atoms with Crippen LogP contribution in [-0.4, -0.2) is 77.5 Å². The van der Waals surface area contributed by atoms with Crippen LogP contribution in [0.15, 0.2) is 61.2 Å². The monoisotopic (exact) mass is 565 g/mol. The number of amides is 3. The minimum absolute atomic E-state index is 0.0120. The number of hydrogen-bond donors (Lipinski definition) is 0. The molecular formula is C29H32N3O5PS. The summed E-state index contributed by atoms with van der Waals surface area (Å²) in [6.45, 7) is 3.83. The molecule has 3 aliphatic rings. The van der Waals surface area contributed by atoms with Gasteiger partial charge in [0.05, 0.1) is 7.51 Å². The van der Waals surface area contributed by atoms with E-state index in [2.05, 4.69) is 30.8 Å². The Labute approximate surface area is 235 Å². The summed E-state index contributed by atoms with van der Waals surface area (Å²) in [7, 11) is 1.97. The van der Waals surface area contributed by atoms with E-state index in [1.807, 2.05) is 29.2 Å². The number of piperidine rings is 1. The molecule has 0 unspecified atom stereocenters. The molecule has 2 aromatic carbocycles. The number of benzene rings is 2. The first kappa shape index (κ1) is 27.3. The molecule has 0 aromatic heterocycles. The van der Waals surface area contributed by atoms with Crippen LogP contribution >= 0.6 is 7.51 Å². The van der Waals surface area contributed by atoms with Crippen molar-refractivity contribution in [1.29, 1.82) is 0 Å². The maximum atomic E-state index is 13.3. The number of ether oxygens (including phenoxy) is 2. The standard InChI is InChI=1S/C29H32N3O5PS/c1-3-14-36-29(35)31-19-12-13-20(31)16-21(15-19)32(38-39)27(33)17-30(2)28(34)37-18-26-24-10-6-4-8-22(24)23-9-5-7-11-25(23)26/h3-11,19-21,26H,1,12-18H2,2H3/t19-,20+,21+. The lowest BCUT2D eigenvalue weighted by Crippen LogP contribution is -2.52. The van der Waals surface area contributed by atoms with Crippen LogP contribution in [0.2, 0.25) is 0 Å². The number of carbonyl (C=O) groups excluding carboxylic acids is 3. The molecule has 204 valence electrons. The average molecular weight is 566 g/mol. The molecule has 5 rings (SSSR count). The van der Waals surface area contributed by atoms with Crippen LogP contribution < -0.4 is 0 Å². The first-order chi connectivity index (χ1) is 18.9. The summed E-state index contributed by atoms with van der Waals surface area (Å²) in [5.41, 5.74) is 4.59. The number of hydrogen-bond acceptors (Lipinski definition) is 6. The molecule has 2 aliphatic heterocycles. The van der Waals surface area contributed by atoms with Crippen molar-refractivity contribution in [3.05, 3.63) is 72.3 Å². The highest BCUT2D eigenvalue weighted by Gasteiger charge is 2.46. The summed E-state index contributed by atoms with van der Waals surface area (Å²) < 4.78 is 12.6. The molecule has 39 heavy (non-hydrogen) atoms. The molecule has 0 N–H and O–H groups in total. The summed E-state index contributed by atoms with van der Waals surface area (Å²) in [4.78, 5) is 41.8. The van der Waals surface area contributed by atoms with Crippen molar-refractivity contribution in [3.63, 3.8) is 0 Å². The van der Waals surface area contributed by atoms with Gasteiger partial charge in [-0.3, -0.25) is 9.46 Å². The van der Waals surface area contributed by atoms with Crippen molar-refractivity contribution in [2.75, 3.05) is 26.8 Å². The Hall–Kier alpha value is -3.29. The highest BCUT2D eigenvalue weighted by molar-refractivity contribution is 7.95. The number of carbonyl (C=O) groups is 3. The van der Waals surface area contributed by atoms with Crippen molar-refractivity contribution in [1.82, 2.24) is 14.5 Å². The van der Waals surface area contributed by atoms with E-state index < -0.39 is 6.09 Å². The van der Waals surface area contributed by atoms with E-state index in [1.54, 1.807) is 17.8 Å². The van der Waals surface area contributed by atoms with Gasteiger partial charge in [-0.05, 0) is 59.7 Å². The van der Waals surface area contributed by atoms with E-state index in [4.69, 9.17) is 21.3 Å². The van der Waals surface area contributed by atoms with Crippen LogP contribution in [0.4, 0.5) is 9.59 Å². The topological polar surface area (TPSA) is 79.4 Å². The van der Waals surface area contributed by atoms with Crippen LogP contribution in [0, 0.1) is 0 Å². The lowest BCUT2D eigenvalue weighted by atomic mass is 9.97. The summed E-state index contributed by atoms with van der Waals surface area (Å²) >= 11 is 5.31. The van der Waals surface area contributed by atoms with Gasteiger partial charge < -0.3 is 19.3 Å². The predicted molar refractivity (Wildman–Crippen MR) is 152 cm³/mol. The van der Waals surface area contributed by atoms with Gasteiger partial charge in [0.25, 0.3) is 5.91 Å². The second-order valence-corrected chi connectivity index (χ2v) is 11.3. The Morgan fingerprint density at radius 3 is 2.18 bits per heavy atom. The van der Waals surface area contributed by atoms with E-state index in [9.17, 15) is 14.4 Å². The maximum Gasteiger partial charge on any atom is 0.410 e. The Morgan fingerprint density at radius 1 is 1.03 bits per heavy atom. The van der Waals surface area contributed by atoms with Crippen LogP contribution in [0.5, 0.6) is 0 Å². The molecule has 8 nitrogen and oxygen atoms in total. The van der Waals surface area contributed by atoms with Gasteiger partial charge in [0.1, 0.15) is 19.8 Å². The van der Waals surface area contributed by atoms with Crippen LogP contribution in [0.1, 0.15) is 42.7 Å². The molecule has 3 amide bonds. The third-order valence-corrected chi connectivity index (χ3v) is 9.21. The average Bonchev–Trinajstić information content (AvgIpc) is 3.41. The first-order valence-corrected chi connectivity index (χ1v) is 15.1. The highest BCUT2D eigenvalue weighted by Crippen LogP contribution is 2.44. The normalized spacial score (nSPS) is 21.2. The zero-order chi connectivity index (χ0) is 27.5. The molecule has 2 bridgehead atoms. The fourth-order valence-electron chi connectivity index (χ4n) is 6.21. The second kappa shape index (κ2) is 11.8. The zero-order valence-corrected chi connectivity index (χ0v) is 23.6. The largest absolute Gasteiger partial charge is 0.448 e. The van der Waals surface area contributed by atoms with Gasteiger partial charge in [0, 0.05) is 31.1 Å². The first-order valence-electron chi connectivity index (χ1n) is 13.2. The van der Waals surface area contributed by atoms with Gasteiger partial charge in [-0.2, -0.15) is 0 Å². The van der Waals surface area contributed by atoms with Crippen molar-refractivity contribution in [3.8, 4) is 11.1 Å². The molecule has 2 aromatic rings. The minimum atomic E-state index is -0.550. The predicted octanol–water partition coefficient (Wildman–Crippen LogP) is 5.34. The van der Waals surface area contributed by atoms with Gasteiger partial charge in [-0.25, -0.2) is 9.59 Å². The fraction of sp³-hybridized carbons (Fsp3) is 0.414. The maximum absolute atomic E-state index is 13.3. The molecule has 2 fully saturated rings. The Balaban J connectivity index is 1.17. The smallest absolute Gasteiger partial charge is 0.410 e. The van der Waals surface area contributed by atoms with Crippen molar-refractivity contribution in [2.45, 2.75) is 49.7 Å². The van der Waals surface area contributed by atoms with Crippen LogP contribution in [-0.2, 0) is 26.1 Å². The number of nitrogens with zero attached hydrogens (tertiary/aromatic N) is 3. The molecule has 1 aliphatic carbocycles. The number of likely N-dealkylation sites (N-methyl/N-ethyl adjacent to an activating group) is 1. The Bertz CT molecular complexity index is 1230. The lowest BCUT2D eigenvalue weighted by Gasteiger charge is -2.41. The molecule has 2 saturated heterocycles. The molecule has 0 saturated carbocycles. The van der Waals surface area contributed by atoms with Crippen LogP contribution in [0.25, 0.3) is 11.1 Å². The third-order valence-electron chi connectivity index (χ3n) is 7.95. The molecular weight excluding hydrogens is 533 g/mol. The summed E-state index contributed by atoms with van der Waals surface area (Å²) in [6.07, 6.45) is 3.71. The third kappa shape index (κ3) is 5.43. The summed E-state index contributed by atoms with van der Waals surface area (Å²) in [5.74, 6) is -0.276. The van der Waals surface area contributed by atoms with Gasteiger partial charge >= 0.3 is 12.2 Å². The minimum Gasteiger partial charge on any atom is -0.448 e. The SMILES string of the molecule is C=CCOC(=O)N1[C@@H]2CC[C@H]1C[C@@H](N(P=S)C(=O)CN(C)C(=O)OCC1c3ccccc3-c3ccccc31)C2. The number of fused-ring (bicyclic) bond motifs is 5. The molecule has 0 spiro atoms. The van der Waals surface area contributed by atoms with E-state index in [0.717, 1.165) is 35.1 Å². The van der Waals surface area contributed by atoms with E-state index in [-0.39, 0.29) is 55.8 Å². The number of rotatable bonds is 8. The van der Waals surface area contributed by atoms with Gasteiger partial charge in [-0.1, -0.05) is 61.2 Å². The van der Waals surface area contributed by atoms with E-state index in [0.29, 0.717) is 20.3 Å². The van der Waals surface area contributed by atoms with Crippen molar-refractivity contribution < 1.29 is 23.9 Å². The van der Waals surface area contributed by atoms with E-state index in [1.165, 1.54) is 4.90 Å². The second-order valence-electron chi connectivity index (χ2n) is 10.3. The fourth-order valence-corrected chi connectivity index (χ4v) is 7.36. The van der Waals surface area contributed by atoms with Crippen molar-refractivity contribution >= 4 is 37.4 Å². The van der Waals surface area contributed by atoms with Gasteiger partial charge in [0.15, 0.2) is 0 Å². The van der Waals surface area contributed by atoms with E-state index >= 15 is 0 Å². The highest BCUT2D eigenvalue weighted by atomic mass is 32.4. The molecule has 10 heteroatoms. The Morgan fingerprint density at radius 2 is 1.62 bits per heavy atom. The lowest BCUT2D eigenvalue weighted by molar-refractivity contribution is -0.129.